The van der Waals surface area contributed by atoms with Crippen LogP contribution in [0.2, 0.25) is 0 Å². The molecule has 9 nitrogen and oxygen atoms in total. The molecule has 5 rings (SSSR count). The Bertz CT molecular complexity index is 1460. The van der Waals surface area contributed by atoms with Crippen LogP contribution in [0.25, 0.3) is 0 Å². The monoisotopic (exact) mass is 569 g/mol. The molecule has 1 aromatic carbocycles. The van der Waals surface area contributed by atoms with Gasteiger partial charge in [0.1, 0.15) is 29.2 Å². The van der Waals surface area contributed by atoms with Crippen molar-refractivity contribution in [2.75, 3.05) is 10.6 Å². The number of pyridine rings is 1. The van der Waals surface area contributed by atoms with Crippen molar-refractivity contribution in [2.24, 2.45) is 11.7 Å². The lowest BCUT2D eigenvalue weighted by Crippen LogP contribution is -2.34. The van der Waals surface area contributed by atoms with Gasteiger partial charge in [-0.05, 0) is 74.7 Å². The van der Waals surface area contributed by atoms with Crippen molar-refractivity contribution in [1.29, 1.82) is 0 Å². The number of allylic oxidation sites excluding steroid dienone is 4. The zero-order valence-corrected chi connectivity index (χ0v) is 22.7. The maximum absolute atomic E-state index is 13.4. The van der Waals surface area contributed by atoms with Gasteiger partial charge in [-0.3, -0.25) is 4.79 Å². The molecule has 2 aliphatic heterocycles. The summed E-state index contributed by atoms with van der Waals surface area (Å²) in [5, 5.41) is 7.97. The number of urea groups is 1. The van der Waals surface area contributed by atoms with Gasteiger partial charge in [0.2, 0.25) is 5.91 Å². The second-order valence-electron chi connectivity index (χ2n) is 10.9. The maximum Gasteiger partial charge on any atom is 0.416 e. The van der Waals surface area contributed by atoms with Crippen molar-refractivity contribution in [1.82, 2.24) is 10.3 Å². The summed E-state index contributed by atoms with van der Waals surface area (Å²) < 4.78 is 52.1. The lowest BCUT2D eigenvalue weighted by atomic mass is 9.93. The zero-order valence-electron chi connectivity index (χ0n) is 22.7. The molecule has 0 spiro atoms. The minimum Gasteiger partial charge on any atom is -0.487 e. The number of nitrogens with two attached hydrogens (primary N) is 1. The highest BCUT2D eigenvalue weighted by atomic mass is 19.4. The van der Waals surface area contributed by atoms with Crippen molar-refractivity contribution in [3.63, 3.8) is 0 Å². The molecule has 3 heterocycles. The zero-order chi connectivity index (χ0) is 29.7. The predicted octanol–water partition coefficient (Wildman–Crippen LogP) is 5.12. The smallest absolute Gasteiger partial charge is 0.416 e. The predicted molar refractivity (Wildman–Crippen MR) is 146 cm³/mol. The highest BCUT2D eigenvalue weighted by molar-refractivity contribution is 5.93. The molecule has 2 fully saturated rings. The summed E-state index contributed by atoms with van der Waals surface area (Å²) in [5.74, 6) is 2.00. The Morgan fingerprint density at radius 2 is 1.98 bits per heavy atom. The number of nitrogens with zero attached hydrogens (tertiary/aromatic N) is 1. The standard InChI is InChI=1S/C29H30F3N5O4/c1-14(40-21-9-10-34-26-19(21)6-8-22(38)36-26)5-7-20-15(2)23-24(25(23)41-20)37-27(39)35-18-12-16(28(3,4)33)11-17(13-18)29(30,31)32/h5,7,9-13,23-25H,2,6,8,33H2,1,3-4H3,(H,34,36,38)(H2,35,37,39)/b14-5+,20-7+/t23-,24-,25-/m0/s1. The van der Waals surface area contributed by atoms with Gasteiger partial charge < -0.3 is 31.2 Å². The number of benzene rings is 1. The summed E-state index contributed by atoms with van der Waals surface area (Å²) in [6.07, 6.45) is 0.999. The first kappa shape index (κ1) is 28.2. The molecule has 0 unspecified atom stereocenters. The summed E-state index contributed by atoms with van der Waals surface area (Å²) in [6, 6.07) is 3.98. The van der Waals surface area contributed by atoms with Gasteiger partial charge in [-0.1, -0.05) is 6.58 Å². The van der Waals surface area contributed by atoms with Gasteiger partial charge in [0.25, 0.3) is 0 Å². The fourth-order valence-electron chi connectivity index (χ4n) is 4.86. The van der Waals surface area contributed by atoms with Crippen LogP contribution in [0.5, 0.6) is 5.75 Å². The van der Waals surface area contributed by atoms with Gasteiger partial charge in [-0.25, -0.2) is 9.78 Å². The van der Waals surface area contributed by atoms with Crippen molar-refractivity contribution in [3.8, 4) is 5.75 Å². The average Bonchev–Trinajstić information content (AvgIpc) is 3.43. The third-order valence-electron chi connectivity index (χ3n) is 7.11. The maximum atomic E-state index is 13.4. The molecule has 1 saturated carbocycles. The molecule has 0 radical (unpaired) electrons. The van der Waals surface area contributed by atoms with Crippen molar-refractivity contribution < 1.29 is 32.2 Å². The molecule has 216 valence electrons. The van der Waals surface area contributed by atoms with Gasteiger partial charge in [0, 0.05) is 29.4 Å². The van der Waals surface area contributed by atoms with Crippen molar-refractivity contribution in [2.45, 2.75) is 57.5 Å². The van der Waals surface area contributed by atoms with E-state index in [1.54, 1.807) is 45.2 Å². The fourth-order valence-corrected chi connectivity index (χ4v) is 4.86. The Morgan fingerprint density at radius 3 is 2.63 bits per heavy atom. The third-order valence-corrected chi connectivity index (χ3v) is 7.11. The van der Waals surface area contributed by atoms with E-state index < -0.39 is 23.3 Å². The summed E-state index contributed by atoms with van der Waals surface area (Å²) >= 11 is 0. The lowest BCUT2D eigenvalue weighted by Gasteiger charge is -2.22. The number of amides is 3. The number of nitrogens with one attached hydrogen (secondary N) is 3. The molecule has 1 aromatic heterocycles. The van der Waals surface area contributed by atoms with Crippen LogP contribution in [0, 0.1) is 5.92 Å². The summed E-state index contributed by atoms with van der Waals surface area (Å²) in [5.41, 5.74) is 5.81. The van der Waals surface area contributed by atoms with E-state index >= 15 is 0 Å². The number of carbonyl (C=O) groups excluding carboxylic acids is 2. The Morgan fingerprint density at radius 1 is 1.24 bits per heavy atom. The van der Waals surface area contributed by atoms with E-state index in [0.29, 0.717) is 41.5 Å². The largest absolute Gasteiger partial charge is 0.487 e. The highest BCUT2D eigenvalue weighted by Gasteiger charge is 2.60. The Balaban J connectivity index is 1.19. The molecular weight excluding hydrogens is 539 g/mol. The first-order valence-electron chi connectivity index (χ1n) is 13.0. The Labute approximate surface area is 234 Å². The van der Waals surface area contributed by atoms with Crippen LogP contribution in [0.3, 0.4) is 0 Å². The number of rotatable bonds is 6. The molecule has 1 aliphatic carbocycles. The van der Waals surface area contributed by atoms with E-state index in [4.69, 9.17) is 15.2 Å². The van der Waals surface area contributed by atoms with Crippen LogP contribution < -0.4 is 26.4 Å². The summed E-state index contributed by atoms with van der Waals surface area (Å²) in [6.45, 7) is 9.03. The minimum atomic E-state index is -4.59. The fraction of sp³-hybridized carbons (Fsp3) is 0.345. The van der Waals surface area contributed by atoms with Crippen molar-refractivity contribution in [3.05, 3.63) is 83.0 Å². The van der Waals surface area contributed by atoms with Gasteiger partial charge >= 0.3 is 12.2 Å². The molecule has 0 bridgehead atoms. The number of hydrogen-bond acceptors (Lipinski definition) is 6. The topological polar surface area (TPSA) is 128 Å². The molecule has 12 heteroatoms. The van der Waals surface area contributed by atoms with Crippen LogP contribution in [-0.4, -0.2) is 29.1 Å². The van der Waals surface area contributed by atoms with Crippen LogP contribution >= 0.6 is 0 Å². The second kappa shape index (κ2) is 10.3. The molecule has 3 amide bonds. The number of anilines is 2. The average molecular weight is 570 g/mol. The summed E-state index contributed by atoms with van der Waals surface area (Å²) in [7, 11) is 0. The van der Waals surface area contributed by atoms with Gasteiger partial charge in [-0.2, -0.15) is 13.2 Å². The molecule has 3 atom stereocenters. The van der Waals surface area contributed by atoms with E-state index in [1.807, 2.05) is 0 Å². The lowest BCUT2D eigenvalue weighted by molar-refractivity contribution is -0.137. The molecule has 3 aliphatic rings. The highest BCUT2D eigenvalue weighted by Crippen LogP contribution is 2.51. The minimum absolute atomic E-state index is 0.0181. The molecule has 5 N–H and O–H groups in total. The van der Waals surface area contributed by atoms with E-state index in [0.717, 1.165) is 17.7 Å². The number of fused-ring (bicyclic) bond motifs is 2. The second-order valence-corrected chi connectivity index (χ2v) is 10.9. The van der Waals surface area contributed by atoms with E-state index in [-0.39, 0.29) is 35.2 Å². The molecule has 41 heavy (non-hydrogen) atoms. The first-order chi connectivity index (χ1) is 19.2. The Kier molecular flexibility index (Phi) is 7.06. The van der Waals surface area contributed by atoms with Crippen molar-refractivity contribution >= 4 is 23.4 Å². The van der Waals surface area contributed by atoms with Gasteiger partial charge in [0.05, 0.1) is 17.5 Å². The third kappa shape index (κ3) is 6.07. The van der Waals surface area contributed by atoms with Crippen LogP contribution in [0.4, 0.5) is 29.5 Å². The number of halogens is 3. The number of ether oxygens (including phenoxy) is 2. The van der Waals surface area contributed by atoms with E-state index in [9.17, 15) is 22.8 Å². The van der Waals surface area contributed by atoms with Gasteiger partial charge in [-0.15, -0.1) is 0 Å². The quantitative estimate of drug-likeness (QED) is 0.358. The molecular formula is C29H30F3N5O4. The van der Waals surface area contributed by atoms with Crippen LogP contribution in [0.1, 0.15) is 43.9 Å². The molecule has 2 aromatic rings. The van der Waals surface area contributed by atoms with Crippen LogP contribution in [-0.2, 0) is 27.7 Å². The van der Waals surface area contributed by atoms with Crippen LogP contribution in [0.15, 0.2) is 66.3 Å². The van der Waals surface area contributed by atoms with E-state index in [1.165, 1.54) is 6.07 Å². The normalized spacial score (nSPS) is 22.9. The SMILES string of the molecule is C=C1/C(=C\C=C(/C)Oc2ccnc3c2CCC(=O)N3)O[C@@H]2[C@@H](NC(=O)Nc3cc(C(C)(C)N)cc(C(F)(F)F)c3)[C@H]12. The first-order valence-corrected chi connectivity index (χ1v) is 13.0. The summed E-state index contributed by atoms with van der Waals surface area (Å²) in [4.78, 5) is 28.4. The molecule has 1 saturated heterocycles. The number of hydrogen-bond donors (Lipinski definition) is 4. The number of carbonyl (C=O) groups is 2. The Hall–Kier alpha value is -4.32. The number of alkyl halides is 3. The van der Waals surface area contributed by atoms with E-state index in [2.05, 4.69) is 27.5 Å². The van der Waals surface area contributed by atoms with Gasteiger partial charge in [0.15, 0.2) is 0 Å². The number of aromatic nitrogens is 1.